The molecule has 0 aromatic heterocycles. The highest BCUT2D eigenvalue weighted by Crippen LogP contribution is 2.07. The first kappa shape index (κ1) is 15.7. The van der Waals surface area contributed by atoms with Gasteiger partial charge in [-0.25, -0.2) is 0 Å². The van der Waals surface area contributed by atoms with Crippen molar-refractivity contribution in [1.29, 1.82) is 5.26 Å². The van der Waals surface area contributed by atoms with Crippen molar-refractivity contribution in [2.75, 3.05) is 0 Å². The van der Waals surface area contributed by atoms with Crippen molar-refractivity contribution in [2.24, 2.45) is 11.7 Å². The highest BCUT2D eigenvalue weighted by molar-refractivity contribution is 5.86. The summed E-state index contributed by atoms with van der Waals surface area (Å²) in [6, 6.07) is 8.14. The molecule has 1 aromatic carbocycles. The summed E-state index contributed by atoms with van der Waals surface area (Å²) in [6.45, 7) is 3.86. The number of benzene rings is 1. The maximum Gasteiger partial charge on any atom is 0.240 e. The molecule has 3 N–H and O–H groups in total. The van der Waals surface area contributed by atoms with E-state index in [-0.39, 0.29) is 11.8 Å². The summed E-state index contributed by atoms with van der Waals surface area (Å²) in [5, 5.41) is 11.4. The quantitative estimate of drug-likeness (QED) is 0.812. The Balaban J connectivity index is 2.69. The van der Waals surface area contributed by atoms with Crippen LogP contribution in [0.25, 0.3) is 0 Å². The standard InChI is InChI=1S/C15H19N3O2/c1-10(2)7-14(19)18-13(15(17)20)8-11-3-5-12(9-16)6-4-11/h3-6,10,13H,7-8H2,1-2H3,(H2,17,20)(H,18,19)/t13-/m1/s1. The number of hydrogen-bond donors (Lipinski definition) is 2. The van der Waals surface area contributed by atoms with Crippen molar-refractivity contribution in [3.05, 3.63) is 35.4 Å². The number of carbonyl (C=O) groups is 2. The summed E-state index contributed by atoms with van der Waals surface area (Å²) in [5.74, 6) is -0.526. The number of nitrogens with one attached hydrogen (secondary N) is 1. The first-order valence-electron chi connectivity index (χ1n) is 6.50. The van der Waals surface area contributed by atoms with Gasteiger partial charge in [0.25, 0.3) is 0 Å². The second-order valence-corrected chi connectivity index (χ2v) is 5.13. The Morgan fingerprint density at radius 1 is 1.30 bits per heavy atom. The highest BCUT2D eigenvalue weighted by atomic mass is 16.2. The number of nitrogens with two attached hydrogens (primary N) is 1. The molecule has 0 saturated heterocycles. The fraction of sp³-hybridized carbons (Fsp3) is 0.400. The SMILES string of the molecule is CC(C)CC(=O)N[C@H](Cc1ccc(C#N)cc1)C(N)=O. The number of hydrogen-bond acceptors (Lipinski definition) is 3. The van der Waals surface area contributed by atoms with Gasteiger partial charge in [-0.3, -0.25) is 9.59 Å². The van der Waals surface area contributed by atoms with Crippen LogP contribution in [0.3, 0.4) is 0 Å². The van der Waals surface area contributed by atoms with Crippen molar-refractivity contribution in [2.45, 2.75) is 32.7 Å². The fourth-order valence-electron chi connectivity index (χ4n) is 1.80. The number of nitrogens with zero attached hydrogens (tertiary/aromatic N) is 1. The summed E-state index contributed by atoms with van der Waals surface area (Å²) in [7, 11) is 0. The second-order valence-electron chi connectivity index (χ2n) is 5.13. The van der Waals surface area contributed by atoms with Gasteiger partial charge < -0.3 is 11.1 Å². The van der Waals surface area contributed by atoms with Gasteiger partial charge in [0, 0.05) is 12.8 Å². The molecule has 5 heteroatoms. The molecule has 1 rings (SSSR count). The lowest BCUT2D eigenvalue weighted by Gasteiger charge is -2.16. The van der Waals surface area contributed by atoms with E-state index in [1.54, 1.807) is 24.3 Å². The molecule has 1 atom stereocenters. The molecular weight excluding hydrogens is 254 g/mol. The van der Waals surface area contributed by atoms with E-state index in [4.69, 9.17) is 11.0 Å². The number of rotatable bonds is 6. The van der Waals surface area contributed by atoms with Gasteiger partial charge in [0.15, 0.2) is 0 Å². The van der Waals surface area contributed by atoms with Crippen molar-refractivity contribution >= 4 is 11.8 Å². The van der Waals surface area contributed by atoms with E-state index in [1.807, 2.05) is 19.9 Å². The molecular formula is C15H19N3O2. The Bertz CT molecular complexity index is 515. The molecule has 0 unspecified atom stereocenters. The van der Waals surface area contributed by atoms with Crippen molar-refractivity contribution in [3.8, 4) is 6.07 Å². The van der Waals surface area contributed by atoms with E-state index in [0.717, 1.165) is 5.56 Å². The Kier molecular flexibility index (Phi) is 5.73. The minimum absolute atomic E-state index is 0.183. The molecule has 0 fully saturated rings. The van der Waals surface area contributed by atoms with Crippen LogP contribution >= 0.6 is 0 Å². The average Bonchev–Trinajstić information content (AvgIpc) is 2.37. The van der Waals surface area contributed by atoms with Gasteiger partial charge in [-0.1, -0.05) is 26.0 Å². The first-order valence-corrected chi connectivity index (χ1v) is 6.50. The van der Waals surface area contributed by atoms with Crippen LogP contribution < -0.4 is 11.1 Å². The fourth-order valence-corrected chi connectivity index (χ4v) is 1.80. The molecule has 106 valence electrons. The van der Waals surface area contributed by atoms with Gasteiger partial charge in [-0.05, 0) is 23.6 Å². The van der Waals surface area contributed by atoms with Crippen LogP contribution in [0.4, 0.5) is 0 Å². The molecule has 0 aliphatic heterocycles. The third kappa shape index (κ3) is 5.11. The molecule has 0 heterocycles. The van der Waals surface area contributed by atoms with Crippen molar-refractivity contribution < 1.29 is 9.59 Å². The number of nitriles is 1. The van der Waals surface area contributed by atoms with Crippen LogP contribution in [0.5, 0.6) is 0 Å². The summed E-state index contributed by atoms with van der Waals surface area (Å²) in [6.07, 6.45) is 0.683. The normalized spacial score (nSPS) is 11.7. The molecule has 0 saturated carbocycles. The molecule has 5 nitrogen and oxygen atoms in total. The van der Waals surface area contributed by atoms with E-state index < -0.39 is 11.9 Å². The largest absolute Gasteiger partial charge is 0.368 e. The van der Waals surface area contributed by atoms with Crippen LogP contribution in [-0.4, -0.2) is 17.9 Å². The third-order valence-electron chi connectivity index (χ3n) is 2.80. The molecule has 0 aliphatic carbocycles. The molecule has 0 spiro atoms. The first-order chi connectivity index (χ1) is 9.42. The van der Waals surface area contributed by atoms with Gasteiger partial charge in [-0.15, -0.1) is 0 Å². The Hall–Kier alpha value is -2.35. The summed E-state index contributed by atoms with van der Waals surface area (Å²) in [5.41, 5.74) is 6.71. The van der Waals surface area contributed by atoms with Crippen LogP contribution in [-0.2, 0) is 16.0 Å². The smallest absolute Gasteiger partial charge is 0.240 e. The Labute approximate surface area is 118 Å². The lowest BCUT2D eigenvalue weighted by Crippen LogP contribution is -2.46. The van der Waals surface area contributed by atoms with Crippen LogP contribution in [0.15, 0.2) is 24.3 Å². The van der Waals surface area contributed by atoms with E-state index >= 15 is 0 Å². The predicted molar refractivity (Wildman–Crippen MR) is 75.4 cm³/mol. The minimum atomic E-state index is -0.728. The molecule has 20 heavy (non-hydrogen) atoms. The summed E-state index contributed by atoms with van der Waals surface area (Å²) >= 11 is 0. The molecule has 0 radical (unpaired) electrons. The Morgan fingerprint density at radius 2 is 1.90 bits per heavy atom. The highest BCUT2D eigenvalue weighted by Gasteiger charge is 2.19. The molecule has 1 aromatic rings. The van der Waals surface area contributed by atoms with Gasteiger partial charge in [0.1, 0.15) is 6.04 Å². The van der Waals surface area contributed by atoms with Gasteiger partial charge in [0.05, 0.1) is 11.6 Å². The number of amides is 2. The molecule has 0 aliphatic rings. The van der Waals surface area contributed by atoms with Crippen LogP contribution in [0.2, 0.25) is 0 Å². The molecule has 2 amide bonds. The van der Waals surface area contributed by atoms with Crippen molar-refractivity contribution in [3.63, 3.8) is 0 Å². The molecule has 0 bridgehead atoms. The zero-order valence-electron chi connectivity index (χ0n) is 11.7. The maximum atomic E-state index is 11.7. The topological polar surface area (TPSA) is 96.0 Å². The monoisotopic (exact) mass is 273 g/mol. The zero-order chi connectivity index (χ0) is 15.1. The number of carbonyl (C=O) groups excluding carboxylic acids is 2. The van der Waals surface area contributed by atoms with Gasteiger partial charge in [-0.2, -0.15) is 5.26 Å². The van der Waals surface area contributed by atoms with Crippen molar-refractivity contribution in [1.82, 2.24) is 5.32 Å². The lowest BCUT2D eigenvalue weighted by atomic mass is 10.0. The zero-order valence-corrected chi connectivity index (χ0v) is 11.7. The second kappa shape index (κ2) is 7.29. The minimum Gasteiger partial charge on any atom is -0.368 e. The van der Waals surface area contributed by atoms with Gasteiger partial charge in [0.2, 0.25) is 11.8 Å². The summed E-state index contributed by atoms with van der Waals surface area (Å²) in [4.78, 5) is 23.1. The van der Waals surface area contributed by atoms with Crippen LogP contribution in [0.1, 0.15) is 31.4 Å². The van der Waals surface area contributed by atoms with Gasteiger partial charge >= 0.3 is 0 Å². The maximum absolute atomic E-state index is 11.7. The van der Waals surface area contributed by atoms with E-state index in [1.165, 1.54) is 0 Å². The van der Waals surface area contributed by atoms with Crippen LogP contribution in [0, 0.1) is 17.2 Å². The lowest BCUT2D eigenvalue weighted by molar-refractivity contribution is -0.127. The van der Waals surface area contributed by atoms with E-state index in [0.29, 0.717) is 18.4 Å². The summed E-state index contributed by atoms with van der Waals surface area (Å²) < 4.78 is 0. The average molecular weight is 273 g/mol. The number of primary amides is 1. The van der Waals surface area contributed by atoms with E-state index in [9.17, 15) is 9.59 Å². The predicted octanol–water partition coefficient (Wildman–Crippen LogP) is 1.12. The third-order valence-corrected chi connectivity index (χ3v) is 2.80. The Morgan fingerprint density at radius 3 is 2.35 bits per heavy atom. The van der Waals surface area contributed by atoms with E-state index in [2.05, 4.69) is 5.32 Å².